The van der Waals surface area contributed by atoms with E-state index in [-0.39, 0.29) is 0 Å². The van der Waals surface area contributed by atoms with Gasteiger partial charge in [-0.1, -0.05) is 0 Å². The van der Waals surface area contributed by atoms with Crippen LogP contribution in [0, 0.1) is 11.8 Å². The van der Waals surface area contributed by atoms with Crippen LogP contribution in [-0.4, -0.2) is 39.3 Å². The molecule has 1 saturated carbocycles. The molecule has 6 heteroatoms. The molecule has 2 aromatic rings. The van der Waals surface area contributed by atoms with Crippen LogP contribution >= 0.6 is 0 Å². The molecule has 22 heavy (non-hydrogen) atoms. The van der Waals surface area contributed by atoms with E-state index in [1.165, 1.54) is 18.5 Å². The normalized spacial score (nSPS) is 21.5. The molecular formula is C16H21N5O. The van der Waals surface area contributed by atoms with E-state index >= 15 is 0 Å². The number of nitrogens with zero attached hydrogens (tertiary/aromatic N) is 5. The van der Waals surface area contributed by atoms with Crippen molar-refractivity contribution in [2.24, 2.45) is 11.8 Å². The van der Waals surface area contributed by atoms with E-state index in [9.17, 15) is 0 Å². The van der Waals surface area contributed by atoms with Gasteiger partial charge in [-0.2, -0.15) is 0 Å². The number of hydrogen-bond donors (Lipinski definition) is 0. The fraction of sp³-hybridized carbons (Fsp3) is 0.562. The average Bonchev–Trinajstić information content (AvgIpc) is 3.31. The van der Waals surface area contributed by atoms with Crippen molar-refractivity contribution >= 4 is 5.95 Å². The molecule has 0 radical (unpaired) electrons. The Bertz CT molecular complexity index is 610. The molecule has 0 unspecified atom stereocenters. The first-order valence-corrected chi connectivity index (χ1v) is 7.97. The van der Waals surface area contributed by atoms with Crippen LogP contribution in [0.1, 0.15) is 18.5 Å². The summed E-state index contributed by atoms with van der Waals surface area (Å²) in [5, 5.41) is 0. The summed E-state index contributed by atoms with van der Waals surface area (Å²) in [6, 6.07) is 1.85. The molecule has 2 aliphatic rings. The lowest BCUT2D eigenvalue weighted by atomic mass is 10.1. The van der Waals surface area contributed by atoms with Gasteiger partial charge >= 0.3 is 0 Å². The third-order valence-electron chi connectivity index (χ3n) is 4.32. The first kappa shape index (κ1) is 13.7. The van der Waals surface area contributed by atoms with E-state index in [1.54, 1.807) is 12.4 Å². The molecule has 116 valence electrons. The number of aromatic nitrogens is 4. The predicted molar refractivity (Wildman–Crippen MR) is 82.3 cm³/mol. The van der Waals surface area contributed by atoms with E-state index in [1.807, 2.05) is 18.6 Å². The summed E-state index contributed by atoms with van der Waals surface area (Å²) in [6.07, 6.45) is 10.1. The van der Waals surface area contributed by atoms with E-state index < -0.39 is 0 Å². The molecule has 0 spiro atoms. The Morgan fingerprint density at radius 2 is 1.91 bits per heavy atom. The second kappa shape index (κ2) is 6.04. The zero-order valence-electron chi connectivity index (χ0n) is 12.6. The van der Waals surface area contributed by atoms with Crippen molar-refractivity contribution in [1.82, 2.24) is 19.5 Å². The summed E-state index contributed by atoms with van der Waals surface area (Å²) in [5.74, 6) is 2.02. The van der Waals surface area contributed by atoms with Gasteiger partial charge in [0.05, 0.1) is 25.2 Å². The Morgan fingerprint density at radius 3 is 2.73 bits per heavy atom. The van der Waals surface area contributed by atoms with Gasteiger partial charge in [-0.15, -0.1) is 0 Å². The first-order chi connectivity index (χ1) is 10.9. The van der Waals surface area contributed by atoms with Crippen LogP contribution in [0.5, 0.6) is 0 Å². The lowest BCUT2D eigenvalue weighted by Gasteiger charge is -2.23. The topological polar surface area (TPSA) is 56.1 Å². The van der Waals surface area contributed by atoms with Crippen molar-refractivity contribution in [1.29, 1.82) is 0 Å². The molecule has 0 saturated heterocycles. The summed E-state index contributed by atoms with van der Waals surface area (Å²) in [5.41, 5.74) is 1.21. The maximum Gasteiger partial charge on any atom is 0.225 e. The van der Waals surface area contributed by atoms with Crippen molar-refractivity contribution in [2.45, 2.75) is 25.9 Å². The van der Waals surface area contributed by atoms with E-state index in [4.69, 9.17) is 4.74 Å². The molecule has 3 heterocycles. The van der Waals surface area contributed by atoms with Crippen LogP contribution in [0.4, 0.5) is 5.95 Å². The van der Waals surface area contributed by atoms with Gasteiger partial charge in [0.15, 0.2) is 0 Å². The highest BCUT2D eigenvalue weighted by molar-refractivity contribution is 5.30. The number of ether oxygens (including phenoxy) is 1. The van der Waals surface area contributed by atoms with Crippen LogP contribution in [0.15, 0.2) is 31.0 Å². The lowest BCUT2D eigenvalue weighted by Crippen LogP contribution is -2.31. The second-order valence-electron chi connectivity index (χ2n) is 6.31. The van der Waals surface area contributed by atoms with Crippen LogP contribution in [0.2, 0.25) is 0 Å². The van der Waals surface area contributed by atoms with Crippen molar-refractivity contribution in [2.75, 3.05) is 24.7 Å². The minimum absolute atomic E-state index is 0.429. The smallest absolute Gasteiger partial charge is 0.225 e. The maximum atomic E-state index is 5.93. The van der Waals surface area contributed by atoms with Gasteiger partial charge in [-0.3, -0.25) is 0 Å². The molecule has 0 aromatic carbocycles. The highest BCUT2D eigenvalue weighted by atomic mass is 16.5. The van der Waals surface area contributed by atoms with Gasteiger partial charge in [0.1, 0.15) is 0 Å². The highest BCUT2D eigenvalue weighted by Crippen LogP contribution is 2.29. The van der Waals surface area contributed by atoms with Gasteiger partial charge in [0, 0.05) is 44.2 Å². The summed E-state index contributed by atoms with van der Waals surface area (Å²) in [7, 11) is 0. The molecule has 1 atom stereocenters. The maximum absolute atomic E-state index is 5.93. The van der Waals surface area contributed by atoms with Gasteiger partial charge in [-0.05, 0) is 24.8 Å². The molecular weight excluding hydrogens is 278 g/mol. The number of imidazole rings is 1. The molecule has 1 aliphatic carbocycles. The van der Waals surface area contributed by atoms with Crippen molar-refractivity contribution in [3.05, 3.63) is 36.7 Å². The molecule has 0 N–H and O–H groups in total. The average molecular weight is 299 g/mol. The van der Waals surface area contributed by atoms with Crippen LogP contribution in [-0.2, 0) is 17.8 Å². The molecule has 2 aromatic heterocycles. The van der Waals surface area contributed by atoms with Crippen LogP contribution in [0.3, 0.4) is 0 Å². The second-order valence-corrected chi connectivity index (χ2v) is 6.31. The Hall–Kier alpha value is -1.95. The molecule has 0 amide bonds. The van der Waals surface area contributed by atoms with Crippen molar-refractivity contribution in [3.63, 3.8) is 0 Å². The van der Waals surface area contributed by atoms with Gasteiger partial charge in [0.2, 0.25) is 5.95 Å². The Labute approximate surface area is 130 Å². The first-order valence-electron chi connectivity index (χ1n) is 7.97. The SMILES string of the molecule is c1cnc(N2Cc3cncn3C[C@H](COCC3CC3)C2)nc1. The minimum atomic E-state index is 0.429. The molecule has 0 bridgehead atoms. The van der Waals surface area contributed by atoms with E-state index in [0.717, 1.165) is 44.7 Å². The van der Waals surface area contributed by atoms with Gasteiger partial charge < -0.3 is 14.2 Å². The number of rotatable bonds is 5. The monoisotopic (exact) mass is 299 g/mol. The summed E-state index contributed by atoms with van der Waals surface area (Å²) < 4.78 is 8.16. The van der Waals surface area contributed by atoms with E-state index in [0.29, 0.717) is 5.92 Å². The van der Waals surface area contributed by atoms with E-state index in [2.05, 4.69) is 24.4 Å². The Kier molecular flexibility index (Phi) is 3.76. The largest absolute Gasteiger partial charge is 0.381 e. The Morgan fingerprint density at radius 1 is 1.09 bits per heavy atom. The van der Waals surface area contributed by atoms with Gasteiger partial charge in [0.25, 0.3) is 0 Å². The summed E-state index contributed by atoms with van der Waals surface area (Å²) in [6.45, 7) is 4.36. The fourth-order valence-electron chi connectivity index (χ4n) is 2.95. The van der Waals surface area contributed by atoms with Crippen LogP contribution < -0.4 is 4.90 Å². The third-order valence-corrected chi connectivity index (χ3v) is 4.32. The predicted octanol–water partition coefficient (Wildman–Crippen LogP) is 1.74. The quantitative estimate of drug-likeness (QED) is 0.841. The highest BCUT2D eigenvalue weighted by Gasteiger charge is 2.25. The standard InChI is InChI=1S/C16H21N5O/c1-4-18-16(19-5-1)20-7-14(11-22-10-13-2-3-13)8-21-12-17-6-15(21)9-20/h1,4-6,12-14H,2-3,7-11H2/t14-/m1/s1. The number of hydrogen-bond acceptors (Lipinski definition) is 5. The Balaban J connectivity index is 1.49. The van der Waals surface area contributed by atoms with Crippen molar-refractivity contribution < 1.29 is 4.74 Å². The lowest BCUT2D eigenvalue weighted by molar-refractivity contribution is 0.0882. The third kappa shape index (κ3) is 3.11. The van der Waals surface area contributed by atoms with Crippen LogP contribution in [0.25, 0.3) is 0 Å². The van der Waals surface area contributed by atoms with Crippen molar-refractivity contribution in [3.8, 4) is 0 Å². The molecule has 1 aliphatic heterocycles. The zero-order valence-corrected chi connectivity index (χ0v) is 12.6. The van der Waals surface area contributed by atoms with Gasteiger partial charge in [-0.25, -0.2) is 15.0 Å². The molecule has 4 rings (SSSR count). The summed E-state index contributed by atoms with van der Waals surface area (Å²) in [4.78, 5) is 15.3. The number of anilines is 1. The fourth-order valence-corrected chi connectivity index (χ4v) is 2.95. The molecule has 6 nitrogen and oxygen atoms in total. The number of fused-ring (bicyclic) bond motifs is 1. The summed E-state index contributed by atoms with van der Waals surface area (Å²) >= 11 is 0. The minimum Gasteiger partial charge on any atom is -0.381 e. The molecule has 1 fully saturated rings. The zero-order chi connectivity index (χ0) is 14.8.